The van der Waals surface area contributed by atoms with E-state index in [1.807, 2.05) is 29.6 Å². The molecule has 0 atom stereocenters. The number of hydrogen-bond acceptors (Lipinski definition) is 3. The second-order valence-electron chi connectivity index (χ2n) is 5.93. The molecule has 0 unspecified atom stereocenters. The number of carbonyl (C=O) groups excluding carboxylic acids is 1. The van der Waals surface area contributed by atoms with Crippen LogP contribution in [0.1, 0.15) is 36.8 Å². The molecule has 0 spiro atoms. The van der Waals surface area contributed by atoms with Gasteiger partial charge in [0.15, 0.2) is 0 Å². The van der Waals surface area contributed by atoms with Gasteiger partial charge in [-0.25, -0.2) is 5.43 Å². The molecule has 1 aromatic heterocycles. The van der Waals surface area contributed by atoms with Gasteiger partial charge in [0.1, 0.15) is 0 Å². The maximum atomic E-state index is 11.8. The van der Waals surface area contributed by atoms with Gasteiger partial charge < -0.3 is 0 Å². The summed E-state index contributed by atoms with van der Waals surface area (Å²) in [5.41, 5.74) is 4.94. The summed E-state index contributed by atoms with van der Waals surface area (Å²) >= 11 is 1.58. The summed E-state index contributed by atoms with van der Waals surface area (Å²) in [5.74, 6) is -0.105. The topological polar surface area (TPSA) is 41.5 Å². The van der Waals surface area contributed by atoms with Crippen LogP contribution in [0.4, 0.5) is 0 Å². The van der Waals surface area contributed by atoms with Crippen LogP contribution in [0, 0.1) is 0 Å². The molecule has 0 bridgehead atoms. The molecule has 0 radical (unpaired) electrons. The van der Waals surface area contributed by atoms with Crippen LogP contribution in [-0.4, -0.2) is 12.1 Å². The van der Waals surface area contributed by atoms with E-state index in [4.69, 9.17) is 0 Å². The van der Waals surface area contributed by atoms with E-state index in [0.29, 0.717) is 6.42 Å². The lowest BCUT2D eigenvalue weighted by Crippen LogP contribution is -2.19. The van der Waals surface area contributed by atoms with E-state index in [0.717, 1.165) is 10.4 Å². The second kappa shape index (κ2) is 6.68. The molecule has 0 aliphatic rings. The maximum Gasteiger partial charge on any atom is 0.244 e. The molecule has 0 aliphatic carbocycles. The molecular weight excluding hydrogens is 280 g/mol. The Bertz CT molecular complexity index is 607. The van der Waals surface area contributed by atoms with Gasteiger partial charge in [-0.05, 0) is 28.0 Å². The zero-order chi connectivity index (χ0) is 15.3. The summed E-state index contributed by atoms with van der Waals surface area (Å²) in [6.45, 7) is 6.52. The number of carbonyl (C=O) groups is 1. The minimum absolute atomic E-state index is 0.105. The molecule has 3 nitrogen and oxygen atoms in total. The van der Waals surface area contributed by atoms with Gasteiger partial charge in [0.2, 0.25) is 5.91 Å². The van der Waals surface area contributed by atoms with E-state index >= 15 is 0 Å². The van der Waals surface area contributed by atoms with Gasteiger partial charge in [0.25, 0.3) is 0 Å². The fraction of sp³-hybridized carbons (Fsp3) is 0.294. The van der Waals surface area contributed by atoms with Gasteiger partial charge in [0.05, 0.1) is 12.6 Å². The molecule has 0 saturated carbocycles. The van der Waals surface area contributed by atoms with Crippen molar-refractivity contribution in [3.8, 4) is 0 Å². The van der Waals surface area contributed by atoms with Gasteiger partial charge in [-0.3, -0.25) is 4.79 Å². The Morgan fingerprint density at radius 1 is 1.24 bits per heavy atom. The number of amides is 1. The van der Waals surface area contributed by atoms with Crippen molar-refractivity contribution in [2.24, 2.45) is 5.10 Å². The molecule has 4 heteroatoms. The summed E-state index contributed by atoms with van der Waals surface area (Å²) < 4.78 is 0. The monoisotopic (exact) mass is 300 g/mol. The smallest absolute Gasteiger partial charge is 0.244 e. The number of nitrogens with zero attached hydrogens (tertiary/aromatic N) is 1. The van der Waals surface area contributed by atoms with Gasteiger partial charge in [-0.2, -0.15) is 5.10 Å². The molecule has 1 heterocycles. The van der Waals surface area contributed by atoms with Crippen molar-refractivity contribution >= 4 is 23.5 Å². The average molecular weight is 300 g/mol. The Morgan fingerprint density at radius 3 is 2.52 bits per heavy atom. The highest BCUT2D eigenvalue weighted by Crippen LogP contribution is 2.22. The van der Waals surface area contributed by atoms with Crippen LogP contribution in [0.3, 0.4) is 0 Å². The predicted molar refractivity (Wildman–Crippen MR) is 88.9 cm³/mol. The largest absolute Gasteiger partial charge is 0.273 e. The van der Waals surface area contributed by atoms with Gasteiger partial charge in [-0.15, -0.1) is 11.3 Å². The van der Waals surface area contributed by atoms with Crippen LogP contribution in [0.25, 0.3) is 0 Å². The minimum atomic E-state index is -0.105. The molecule has 21 heavy (non-hydrogen) atoms. The molecule has 2 rings (SSSR count). The molecule has 1 amide bonds. The van der Waals surface area contributed by atoms with E-state index in [-0.39, 0.29) is 11.3 Å². The highest BCUT2D eigenvalue weighted by molar-refractivity contribution is 7.11. The van der Waals surface area contributed by atoms with Crippen LogP contribution in [0.15, 0.2) is 46.9 Å². The number of hydrogen-bond donors (Lipinski definition) is 1. The first-order chi connectivity index (χ1) is 9.95. The minimum Gasteiger partial charge on any atom is -0.273 e. The standard InChI is InChI=1S/C17H20N2OS/c1-17(2,3)14-8-6-13(7-9-14)11-16(20)19-18-12-15-5-4-10-21-15/h4-10,12H,11H2,1-3H3,(H,19,20)/b18-12-. The summed E-state index contributed by atoms with van der Waals surface area (Å²) in [7, 11) is 0. The quantitative estimate of drug-likeness (QED) is 0.678. The Labute approximate surface area is 129 Å². The third kappa shape index (κ3) is 4.83. The van der Waals surface area contributed by atoms with Crippen LogP contribution in [0.2, 0.25) is 0 Å². The third-order valence-corrected chi connectivity index (χ3v) is 3.92. The number of hydrazone groups is 1. The van der Waals surface area contributed by atoms with Crippen molar-refractivity contribution in [3.05, 3.63) is 57.8 Å². The number of rotatable bonds is 4. The molecule has 0 fully saturated rings. The summed E-state index contributed by atoms with van der Waals surface area (Å²) in [5, 5.41) is 5.92. The van der Waals surface area contributed by atoms with Crippen molar-refractivity contribution in [3.63, 3.8) is 0 Å². The first kappa shape index (κ1) is 15.4. The number of benzene rings is 1. The first-order valence-electron chi connectivity index (χ1n) is 6.90. The Balaban J connectivity index is 1.88. The first-order valence-corrected chi connectivity index (χ1v) is 7.78. The zero-order valence-electron chi connectivity index (χ0n) is 12.6. The van der Waals surface area contributed by atoms with Crippen LogP contribution in [-0.2, 0) is 16.6 Å². The highest BCUT2D eigenvalue weighted by Gasteiger charge is 2.13. The van der Waals surface area contributed by atoms with Gasteiger partial charge in [0, 0.05) is 4.88 Å². The Hall–Kier alpha value is -1.94. The van der Waals surface area contributed by atoms with Crippen molar-refractivity contribution in [2.45, 2.75) is 32.6 Å². The Kier molecular flexibility index (Phi) is 4.91. The third-order valence-electron chi connectivity index (χ3n) is 3.11. The van der Waals surface area contributed by atoms with E-state index in [9.17, 15) is 4.79 Å². The summed E-state index contributed by atoms with van der Waals surface area (Å²) in [4.78, 5) is 12.8. The predicted octanol–water partition coefficient (Wildman–Crippen LogP) is 3.74. The van der Waals surface area contributed by atoms with E-state index < -0.39 is 0 Å². The van der Waals surface area contributed by atoms with Gasteiger partial charge >= 0.3 is 0 Å². The maximum absolute atomic E-state index is 11.8. The average Bonchev–Trinajstić information content (AvgIpc) is 2.91. The number of nitrogens with one attached hydrogen (secondary N) is 1. The second-order valence-corrected chi connectivity index (χ2v) is 6.91. The van der Waals surface area contributed by atoms with E-state index in [1.54, 1.807) is 17.6 Å². The lowest BCUT2D eigenvalue weighted by atomic mass is 9.86. The summed E-state index contributed by atoms with van der Waals surface area (Å²) in [6.07, 6.45) is 2.00. The van der Waals surface area contributed by atoms with Crippen LogP contribution in [0.5, 0.6) is 0 Å². The lowest BCUT2D eigenvalue weighted by Gasteiger charge is -2.19. The van der Waals surface area contributed by atoms with Crippen molar-refractivity contribution < 1.29 is 4.79 Å². The molecule has 2 aromatic rings. The fourth-order valence-corrected chi connectivity index (χ4v) is 2.47. The van der Waals surface area contributed by atoms with E-state index in [2.05, 4.69) is 43.4 Å². The molecule has 110 valence electrons. The molecule has 0 saturated heterocycles. The zero-order valence-corrected chi connectivity index (χ0v) is 13.4. The summed E-state index contributed by atoms with van der Waals surface area (Å²) in [6, 6.07) is 12.1. The lowest BCUT2D eigenvalue weighted by molar-refractivity contribution is -0.120. The molecular formula is C17H20N2OS. The normalized spacial score (nSPS) is 11.8. The van der Waals surface area contributed by atoms with Crippen LogP contribution >= 0.6 is 11.3 Å². The van der Waals surface area contributed by atoms with Crippen molar-refractivity contribution in [1.82, 2.24) is 5.43 Å². The fourth-order valence-electron chi connectivity index (χ4n) is 1.88. The highest BCUT2D eigenvalue weighted by atomic mass is 32.1. The molecule has 1 aromatic carbocycles. The van der Waals surface area contributed by atoms with Crippen molar-refractivity contribution in [2.75, 3.05) is 0 Å². The van der Waals surface area contributed by atoms with Crippen LogP contribution < -0.4 is 5.43 Å². The molecule has 0 aliphatic heterocycles. The SMILES string of the molecule is CC(C)(C)c1ccc(CC(=O)N/N=C\c2cccs2)cc1. The Morgan fingerprint density at radius 2 is 1.95 bits per heavy atom. The molecule has 1 N–H and O–H groups in total. The number of thiophene rings is 1. The van der Waals surface area contributed by atoms with Gasteiger partial charge in [-0.1, -0.05) is 51.1 Å². The van der Waals surface area contributed by atoms with E-state index in [1.165, 1.54) is 5.56 Å². The van der Waals surface area contributed by atoms with Crippen molar-refractivity contribution in [1.29, 1.82) is 0 Å².